The number of aryl methyl sites for hydroxylation is 2. The van der Waals surface area contributed by atoms with Gasteiger partial charge < -0.3 is 0 Å². The first-order valence-electron chi connectivity index (χ1n) is 6.75. The Morgan fingerprint density at radius 1 is 1.19 bits per heavy atom. The third-order valence-corrected chi connectivity index (χ3v) is 8.28. The summed E-state index contributed by atoms with van der Waals surface area (Å²) in [7, 11) is -5.40. The van der Waals surface area contributed by atoms with Crippen LogP contribution in [0.2, 0.25) is 0 Å². The molecule has 1 unspecified atom stereocenters. The van der Waals surface area contributed by atoms with Gasteiger partial charge in [-0.1, -0.05) is 6.07 Å². The molecule has 1 aromatic carbocycles. The van der Waals surface area contributed by atoms with Crippen LogP contribution in [0.15, 0.2) is 23.1 Å². The maximum atomic E-state index is 12.7. The third-order valence-electron chi connectivity index (χ3n) is 4.38. The van der Waals surface area contributed by atoms with E-state index in [0.717, 1.165) is 11.1 Å². The Kier molecular flexibility index (Phi) is 3.97. The van der Waals surface area contributed by atoms with Crippen LogP contribution in [0.25, 0.3) is 0 Å². The molecule has 0 saturated carbocycles. The standard InChI is InChI=1S/C14H21NO4S2/c1-11-5-6-13(9-12(11)2)21(18,19)15(4)14(3)7-8-20(16,17)10-14/h5-6,9H,7-8,10H2,1-4H3. The molecule has 0 aliphatic carbocycles. The molecule has 0 bridgehead atoms. The largest absolute Gasteiger partial charge is 0.243 e. The topological polar surface area (TPSA) is 71.5 Å². The van der Waals surface area contributed by atoms with Crippen molar-refractivity contribution in [2.24, 2.45) is 0 Å². The highest BCUT2D eigenvalue weighted by molar-refractivity contribution is 7.92. The molecule has 1 fully saturated rings. The summed E-state index contributed by atoms with van der Waals surface area (Å²) in [5, 5.41) is 0. The number of sulfone groups is 1. The summed E-state index contributed by atoms with van der Waals surface area (Å²) in [5.74, 6) is -0.0864. The minimum Gasteiger partial charge on any atom is -0.229 e. The summed E-state index contributed by atoms with van der Waals surface area (Å²) in [6, 6.07) is 4.97. The zero-order valence-corrected chi connectivity index (χ0v) is 14.4. The molecule has 0 aromatic heterocycles. The predicted octanol–water partition coefficient (Wildman–Crippen LogP) is 1.50. The first kappa shape index (κ1) is 16.5. The third kappa shape index (κ3) is 3.00. The SMILES string of the molecule is Cc1ccc(S(=O)(=O)N(C)C2(C)CCS(=O)(=O)C2)cc1C. The van der Waals surface area contributed by atoms with Crippen LogP contribution in [0.5, 0.6) is 0 Å². The van der Waals surface area contributed by atoms with Crippen LogP contribution < -0.4 is 0 Å². The van der Waals surface area contributed by atoms with Crippen molar-refractivity contribution < 1.29 is 16.8 Å². The lowest BCUT2D eigenvalue weighted by molar-refractivity contribution is 0.272. The number of sulfonamides is 1. The number of hydrogen-bond acceptors (Lipinski definition) is 4. The fraction of sp³-hybridized carbons (Fsp3) is 0.571. The van der Waals surface area contributed by atoms with Crippen molar-refractivity contribution in [1.82, 2.24) is 4.31 Å². The molecule has 5 nitrogen and oxygen atoms in total. The molecule has 2 rings (SSSR count). The minimum absolute atomic E-state index is 0.0380. The maximum absolute atomic E-state index is 12.7. The molecular weight excluding hydrogens is 310 g/mol. The molecule has 0 spiro atoms. The normalized spacial score (nSPS) is 25.4. The van der Waals surface area contributed by atoms with Gasteiger partial charge in [-0.2, -0.15) is 4.31 Å². The van der Waals surface area contributed by atoms with Crippen LogP contribution in [-0.4, -0.2) is 45.2 Å². The highest BCUT2D eigenvalue weighted by Gasteiger charge is 2.46. The second kappa shape index (κ2) is 5.07. The van der Waals surface area contributed by atoms with E-state index in [-0.39, 0.29) is 16.4 Å². The van der Waals surface area contributed by atoms with E-state index in [1.807, 2.05) is 13.8 Å². The molecule has 0 radical (unpaired) electrons. The second-order valence-corrected chi connectivity index (χ2v) is 10.2. The number of nitrogens with zero attached hydrogens (tertiary/aromatic N) is 1. The lowest BCUT2D eigenvalue weighted by Crippen LogP contribution is -2.48. The minimum atomic E-state index is -3.70. The number of rotatable bonds is 3. The van der Waals surface area contributed by atoms with Crippen LogP contribution >= 0.6 is 0 Å². The first-order chi connectivity index (χ1) is 9.48. The molecule has 0 N–H and O–H groups in total. The molecule has 118 valence electrons. The Morgan fingerprint density at radius 2 is 1.81 bits per heavy atom. The zero-order valence-electron chi connectivity index (χ0n) is 12.8. The van der Waals surface area contributed by atoms with Crippen LogP contribution in [0.4, 0.5) is 0 Å². The van der Waals surface area contributed by atoms with Crippen molar-refractivity contribution in [3.05, 3.63) is 29.3 Å². The molecule has 7 heteroatoms. The molecule has 1 saturated heterocycles. The highest BCUT2D eigenvalue weighted by Crippen LogP contribution is 2.32. The zero-order chi connectivity index (χ0) is 16.1. The van der Waals surface area contributed by atoms with E-state index < -0.39 is 25.4 Å². The molecule has 21 heavy (non-hydrogen) atoms. The first-order valence-corrected chi connectivity index (χ1v) is 10.0. The van der Waals surface area contributed by atoms with Gasteiger partial charge in [0.05, 0.1) is 16.4 Å². The van der Waals surface area contributed by atoms with E-state index in [1.165, 1.54) is 11.4 Å². The fourth-order valence-electron chi connectivity index (χ4n) is 2.56. The Bertz CT molecular complexity index is 768. The Morgan fingerprint density at radius 3 is 2.29 bits per heavy atom. The van der Waals surface area contributed by atoms with E-state index in [4.69, 9.17) is 0 Å². The van der Waals surface area contributed by atoms with Gasteiger partial charge in [0.2, 0.25) is 10.0 Å². The van der Waals surface area contributed by atoms with E-state index in [1.54, 1.807) is 25.1 Å². The van der Waals surface area contributed by atoms with Crippen molar-refractivity contribution in [3.63, 3.8) is 0 Å². The van der Waals surface area contributed by atoms with Gasteiger partial charge in [-0.25, -0.2) is 16.8 Å². The van der Waals surface area contributed by atoms with Gasteiger partial charge in [0, 0.05) is 12.6 Å². The highest BCUT2D eigenvalue weighted by atomic mass is 32.2. The van der Waals surface area contributed by atoms with E-state index in [9.17, 15) is 16.8 Å². The van der Waals surface area contributed by atoms with Crippen molar-refractivity contribution in [1.29, 1.82) is 0 Å². The molecule has 1 aromatic rings. The Hall–Kier alpha value is -0.920. The van der Waals surface area contributed by atoms with E-state index in [2.05, 4.69) is 0 Å². The lowest BCUT2D eigenvalue weighted by atomic mass is 10.0. The molecule has 1 heterocycles. The van der Waals surface area contributed by atoms with Gasteiger partial charge in [-0.15, -0.1) is 0 Å². The summed E-state index contributed by atoms with van der Waals surface area (Å²) in [6.07, 6.45) is 0.329. The Labute approximate surface area is 126 Å². The predicted molar refractivity (Wildman–Crippen MR) is 82.5 cm³/mol. The summed E-state index contributed by atoms with van der Waals surface area (Å²) < 4.78 is 50.1. The molecule has 0 amide bonds. The smallest absolute Gasteiger partial charge is 0.229 e. The average molecular weight is 331 g/mol. The van der Waals surface area contributed by atoms with Gasteiger partial charge in [0.25, 0.3) is 0 Å². The Balaban J connectivity index is 2.42. The molecule has 1 aliphatic rings. The van der Waals surface area contributed by atoms with Crippen molar-refractivity contribution in [3.8, 4) is 0 Å². The van der Waals surface area contributed by atoms with Crippen molar-refractivity contribution >= 4 is 19.9 Å². The van der Waals surface area contributed by atoms with Crippen LogP contribution in [0.1, 0.15) is 24.5 Å². The quantitative estimate of drug-likeness (QED) is 0.841. The van der Waals surface area contributed by atoms with Gasteiger partial charge in [-0.05, 0) is 50.5 Å². The monoisotopic (exact) mass is 331 g/mol. The summed E-state index contributed by atoms with van der Waals surface area (Å²) in [4.78, 5) is 0.207. The fourth-order valence-corrected chi connectivity index (χ4v) is 6.44. The summed E-state index contributed by atoms with van der Waals surface area (Å²) in [5.41, 5.74) is 1.04. The van der Waals surface area contributed by atoms with Gasteiger partial charge in [0.1, 0.15) is 0 Å². The summed E-state index contributed by atoms with van der Waals surface area (Å²) in [6.45, 7) is 5.46. The van der Waals surface area contributed by atoms with Crippen molar-refractivity contribution in [2.75, 3.05) is 18.6 Å². The van der Waals surface area contributed by atoms with Gasteiger partial charge in [-0.3, -0.25) is 0 Å². The second-order valence-electron chi connectivity index (χ2n) is 6.06. The maximum Gasteiger partial charge on any atom is 0.243 e. The molecular formula is C14H21NO4S2. The molecule has 1 aliphatic heterocycles. The van der Waals surface area contributed by atoms with E-state index >= 15 is 0 Å². The van der Waals surface area contributed by atoms with E-state index in [0.29, 0.717) is 6.42 Å². The number of hydrogen-bond donors (Lipinski definition) is 0. The van der Waals surface area contributed by atoms with Gasteiger partial charge in [0.15, 0.2) is 9.84 Å². The van der Waals surface area contributed by atoms with Crippen LogP contribution in [0.3, 0.4) is 0 Å². The lowest BCUT2D eigenvalue weighted by Gasteiger charge is -2.33. The van der Waals surface area contributed by atoms with Crippen molar-refractivity contribution in [2.45, 2.75) is 37.6 Å². The molecule has 1 atom stereocenters. The average Bonchev–Trinajstić information content (AvgIpc) is 2.67. The summed E-state index contributed by atoms with van der Waals surface area (Å²) >= 11 is 0. The van der Waals surface area contributed by atoms with Gasteiger partial charge >= 0.3 is 0 Å². The number of benzene rings is 1. The van der Waals surface area contributed by atoms with Crippen LogP contribution in [-0.2, 0) is 19.9 Å². The van der Waals surface area contributed by atoms with Crippen LogP contribution in [0, 0.1) is 13.8 Å².